The van der Waals surface area contributed by atoms with Gasteiger partial charge >= 0.3 is 0 Å². The molecule has 1 aliphatic heterocycles. The Kier molecular flexibility index (Phi) is 5.75. The van der Waals surface area contributed by atoms with Crippen LogP contribution in [0.4, 0.5) is 0 Å². The number of aryl methyl sites for hydroxylation is 2. The third kappa shape index (κ3) is 4.11. The van der Waals surface area contributed by atoms with E-state index in [4.69, 9.17) is 0 Å². The van der Waals surface area contributed by atoms with E-state index in [0.29, 0.717) is 0 Å². The van der Waals surface area contributed by atoms with E-state index in [1.165, 1.54) is 33.2 Å². The van der Waals surface area contributed by atoms with Crippen LogP contribution in [0.2, 0.25) is 0 Å². The molecule has 4 rings (SSSR count). The summed E-state index contributed by atoms with van der Waals surface area (Å²) in [7, 11) is -3.50. The van der Waals surface area contributed by atoms with Gasteiger partial charge in [-0.2, -0.15) is 0 Å². The number of benzene rings is 1. The van der Waals surface area contributed by atoms with Gasteiger partial charge in [0.25, 0.3) is 0 Å². The molecule has 3 aliphatic rings. The van der Waals surface area contributed by atoms with Gasteiger partial charge in [0.15, 0.2) is 15.6 Å². The topological polar surface area (TPSA) is 54.5 Å². The minimum Gasteiger partial charge on any atom is -0.298 e. The maximum absolute atomic E-state index is 12.7. The molecule has 5 heteroatoms. The third-order valence-electron chi connectivity index (χ3n) is 6.66. The summed E-state index contributed by atoms with van der Waals surface area (Å²) in [5.74, 6) is -0.543. The lowest BCUT2D eigenvalue weighted by Gasteiger charge is -2.19. The second-order valence-electron chi connectivity index (χ2n) is 8.53. The summed E-state index contributed by atoms with van der Waals surface area (Å²) >= 11 is 0. The summed E-state index contributed by atoms with van der Waals surface area (Å²) in [5, 5.41) is 1.30. The highest BCUT2D eigenvalue weighted by molar-refractivity contribution is 7.94. The molecule has 1 aromatic rings. The summed E-state index contributed by atoms with van der Waals surface area (Å²) in [5.41, 5.74) is 6.64. The first-order valence-electron chi connectivity index (χ1n) is 10.8. The molecule has 1 heterocycles. The molecule has 0 spiro atoms. The van der Waals surface area contributed by atoms with Crippen LogP contribution in [0.3, 0.4) is 0 Å². The molecular weight excluding hydrogens is 370 g/mol. The highest BCUT2D eigenvalue weighted by Gasteiger charge is 2.26. The lowest BCUT2D eigenvalue weighted by molar-refractivity contribution is -0.116. The normalized spacial score (nSPS) is 22.1. The van der Waals surface area contributed by atoms with Crippen molar-refractivity contribution in [2.45, 2.75) is 70.8 Å². The molecule has 0 radical (unpaired) electrons. The molecule has 4 nitrogen and oxygen atoms in total. The smallest absolute Gasteiger partial charge is 0.178 e. The van der Waals surface area contributed by atoms with Gasteiger partial charge in [0.05, 0.1) is 0 Å². The molecule has 0 unspecified atom stereocenters. The highest BCUT2D eigenvalue weighted by Crippen LogP contribution is 2.35. The van der Waals surface area contributed by atoms with Crippen LogP contribution < -0.4 is 0 Å². The monoisotopic (exact) mass is 401 g/mol. The van der Waals surface area contributed by atoms with Gasteiger partial charge < -0.3 is 0 Å². The van der Waals surface area contributed by atoms with Gasteiger partial charge in [0, 0.05) is 17.9 Å². The molecule has 1 atom stereocenters. The van der Waals surface area contributed by atoms with Gasteiger partial charge in [0.1, 0.15) is 5.75 Å². The average Bonchev–Trinajstić information content (AvgIpc) is 3.39. The lowest BCUT2D eigenvalue weighted by Crippen LogP contribution is -2.27. The van der Waals surface area contributed by atoms with Crippen LogP contribution in [0.25, 0.3) is 0 Å². The van der Waals surface area contributed by atoms with Crippen molar-refractivity contribution in [3.63, 3.8) is 0 Å². The van der Waals surface area contributed by atoms with Crippen molar-refractivity contribution in [3.05, 3.63) is 45.4 Å². The first kappa shape index (κ1) is 19.8. The molecule has 1 fully saturated rings. The van der Waals surface area contributed by atoms with Gasteiger partial charge in [-0.3, -0.25) is 9.69 Å². The second kappa shape index (κ2) is 8.11. The highest BCUT2D eigenvalue weighted by atomic mass is 32.2. The SMILES string of the molecule is CCN1CCC[C@@H]1/C=C/S(=O)(=O)CC(=O)Cc1c2c(cc3c1CCC3)CCC2. The van der Waals surface area contributed by atoms with Crippen molar-refractivity contribution in [2.24, 2.45) is 0 Å². The maximum Gasteiger partial charge on any atom is 0.178 e. The van der Waals surface area contributed by atoms with Crippen molar-refractivity contribution >= 4 is 15.6 Å². The number of carbonyl (C=O) groups excluding carboxylic acids is 1. The van der Waals surface area contributed by atoms with Crippen molar-refractivity contribution in [1.29, 1.82) is 0 Å². The number of sulfone groups is 1. The number of rotatable bonds is 7. The van der Waals surface area contributed by atoms with E-state index >= 15 is 0 Å². The molecule has 0 bridgehead atoms. The van der Waals surface area contributed by atoms with Crippen molar-refractivity contribution < 1.29 is 13.2 Å². The lowest BCUT2D eigenvalue weighted by atomic mass is 9.91. The Morgan fingerprint density at radius 1 is 1.11 bits per heavy atom. The van der Waals surface area contributed by atoms with Gasteiger partial charge in [-0.1, -0.05) is 19.1 Å². The molecule has 0 aromatic heterocycles. The summed E-state index contributed by atoms with van der Waals surface area (Å²) in [6.07, 6.45) is 10.7. The summed E-state index contributed by atoms with van der Waals surface area (Å²) in [6.45, 7) is 4.05. The fourth-order valence-corrected chi connectivity index (χ4v) is 6.41. The first-order valence-corrected chi connectivity index (χ1v) is 12.5. The van der Waals surface area contributed by atoms with E-state index in [0.717, 1.165) is 64.5 Å². The van der Waals surface area contributed by atoms with E-state index in [9.17, 15) is 13.2 Å². The number of hydrogen-bond donors (Lipinski definition) is 0. The van der Waals surface area contributed by atoms with E-state index in [1.807, 2.05) is 0 Å². The van der Waals surface area contributed by atoms with Crippen LogP contribution >= 0.6 is 0 Å². The molecule has 0 saturated carbocycles. The van der Waals surface area contributed by atoms with E-state index in [2.05, 4.69) is 17.9 Å². The second-order valence-corrected chi connectivity index (χ2v) is 10.4. The zero-order valence-electron chi connectivity index (χ0n) is 16.9. The van der Waals surface area contributed by atoms with Crippen molar-refractivity contribution in [1.82, 2.24) is 4.90 Å². The quantitative estimate of drug-likeness (QED) is 0.704. The third-order valence-corrected chi connectivity index (χ3v) is 7.96. The molecule has 152 valence electrons. The van der Waals surface area contributed by atoms with Crippen LogP contribution in [0.1, 0.15) is 60.4 Å². The summed E-state index contributed by atoms with van der Waals surface area (Å²) in [4.78, 5) is 15.0. The number of ketones is 1. The number of Topliss-reactive ketones (excluding diaryl/α,β-unsaturated/α-hetero) is 1. The minimum absolute atomic E-state index is 0.169. The Labute approximate surface area is 168 Å². The first-order chi connectivity index (χ1) is 13.5. The van der Waals surface area contributed by atoms with Crippen LogP contribution in [0.5, 0.6) is 0 Å². The number of nitrogens with zero attached hydrogens (tertiary/aromatic N) is 1. The fraction of sp³-hybridized carbons (Fsp3) is 0.609. The Bertz CT molecular complexity index is 869. The average molecular weight is 402 g/mol. The number of hydrogen-bond acceptors (Lipinski definition) is 4. The predicted molar refractivity (Wildman–Crippen MR) is 112 cm³/mol. The number of likely N-dealkylation sites (N-methyl/N-ethyl adjacent to an activating group) is 1. The Morgan fingerprint density at radius 2 is 1.79 bits per heavy atom. The summed E-state index contributed by atoms with van der Waals surface area (Å²) in [6, 6.07) is 2.54. The number of likely N-dealkylation sites (tertiary alicyclic amines) is 1. The molecular formula is C23H31NO3S. The molecule has 0 amide bonds. The van der Waals surface area contributed by atoms with E-state index in [-0.39, 0.29) is 24.0 Å². The Hall–Kier alpha value is -1.46. The van der Waals surface area contributed by atoms with Gasteiger partial charge in [-0.25, -0.2) is 8.42 Å². The minimum atomic E-state index is -3.50. The predicted octanol–water partition coefficient (Wildman–Crippen LogP) is 3.19. The van der Waals surface area contributed by atoms with Crippen LogP contribution in [0, 0.1) is 0 Å². The zero-order chi connectivity index (χ0) is 19.7. The van der Waals surface area contributed by atoms with Crippen molar-refractivity contribution in [2.75, 3.05) is 18.8 Å². The van der Waals surface area contributed by atoms with Crippen LogP contribution in [-0.4, -0.2) is 44.0 Å². The fourth-order valence-electron chi connectivity index (χ4n) is 5.34. The molecule has 2 aliphatic carbocycles. The number of fused-ring (bicyclic) bond motifs is 2. The van der Waals surface area contributed by atoms with Gasteiger partial charge in [-0.15, -0.1) is 0 Å². The maximum atomic E-state index is 12.7. The van der Waals surface area contributed by atoms with Crippen molar-refractivity contribution in [3.8, 4) is 0 Å². The Morgan fingerprint density at radius 3 is 2.43 bits per heavy atom. The van der Waals surface area contributed by atoms with E-state index < -0.39 is 9.84 Å². The van der Waals surface area contributed by atoms with Gasteiger partial charge in [-0.05, 0) is 92.3 Å². The largest absolute Gasteiger partial charge is 0.298 e. The summed E-state index contributed by atoms with van der Waals surface area (Å²) < 4.78 is 25.0. The van der Waals surface area contributed by atoms with Crippen LogP contribution in [0.15, 0.2) is 17.6 Å². The Balaban J connectivity index is 1.46. The van der Waals surface area contributed by atoms with Crippen LogP contribution in [-0.2, 0) is 46.7 Å². The van der Waals surface area contributed by atoms with Gasteiger partial charge in [0.2, 0.25) is 0 Å². The zero-order valence-corrected chi connectivity index (χ0v) is 17.7. The molecule has 1 saturated heterocycles. The van der Waals surface area contributed by atoms with E-state index in [1.54, 1.807) is 6.08 Å². The molecule has 28 heavy (non-hydrogen) atoms. The molecule has 0 N–H and O–H groups in total. The molecule has 1 aromatic carbocycles. The standard InChI is InChI=1S/C23H31NO3S/c1-2-24-12-5-8-19(24)11-13-28(26,27)16-20(25)15-23-21-9-3-6-17(21)14-18-7-4-10-22(18)23/h11,13-14,19H,2-10,12,15-16H2,1H3/b13-11+/t19-/m1/s1. The number of carbonyl (C=O) groups is 1.